The van der Waals surface area contributed by atoms with Crippen LogP contribution in [0.5, 0.6) is 0 Å². The topological polar surface area (TPSA) is 84.0 Å². The van der Waals surface area contributed by atoms with Gasteiger partial charge in [0.2, 0.25) is 10.0 Å². The van der Waals surface area contributed by atoms with Crippen LogP contribution in [-0.2, 0) is 19.6 Å². The molecule has 7 nitrogen and oxygen atoms in total. The largest absolute Gasteiger partial charge is 0.449 e. The first kappa shape index (κ1) is 20.8. The number of carbonyl (C=O) groups is 2. The van der Waals surface area contributed by atoms with Crippen LogP contribution in [-0.4, -0.2) is 61.8 Å². The highest BCUT2D eigenvalue weighted by Gasteiger charge is 2.28. The molecule has 2 aliphatic rings. The van der Waals surface area contributed by atoms with Crippen LogP contribution in [0, 0.1) is 0 Å². The van der Waals surface area contributed by atoms with Gasteiger partial charge in [-0.3, -0.25) is 4.79 Å². The van der Waals surface area contributed by atoms with Gasteiger partial charge in [-0.15, -0.1) is 0 Å². The summed E-state index contributed by atoms with van der Waals surface area (Å²) in [5.74, 6) is -0.890. The van der Waals surface area contributed by atoms with Crippen molar-refractivity contribution in [3.8, 4) is 0 Å². The number of esters is 1. The molecule has 1 atom stereocenters. The molecule has 28 heavy (non-hydrogen) atoms. The fourth-order valence-corrected chi connectivity index (χ4v) is 5.25. The number of nitrogens with zero attached hydrogens (tertiary/aromatic N) is 2. The number of carbonyl (C=O) groups excluding carboxylic acids is 2. The Bertz CT molecular complexity index is 812. The summed E-state index contributed by atoms with van der Waals surface area (Å²) in [7, 11) is -3.63. The van der Waals surface area contributed by atoms with E-state index in [2.05, 4.69) is 0 Å². The van der Waals surface area contributed by atoms with Crippen LogP contribution in [0.2, 0.25) is 0 Å². The Morgan fingerprint density at radius 1 is 0.964 bits per heavy atom. The van der Waals surface area contributed by atoms with Gasteiger partial charge in [0.15, 0.2) is 6.10 Å². The molecule has 2 fully saturated rings. The number of hydrogen-bond acceptors (Lipinski definition) is 5. The van der Waals surface area contributed by atoms with Gasteiger partial charge in [0.25, 0.3) is 5.91 Å². The van der Waals surface area contributed by atoms with Gasteiger partial charge >= 0.3 is 5.97 Å². The quantitative estimate of drug-likeness (QED) is 0.699. The van der Waals surface area contributed by atoms with Crippen LogP contribution in [0.4, 0.5) is 0 Å². The van der Waals surface area contributed by atoms with Crippen molar-refractivity contribution < 1.29 is 22.7 Å². The van der Waals surface area contributed by atoms with Crippen molar-refractivity contribution in [2.45, 2.75) is 56.4 Å². The molecule has 2 aliphatic heterocycles. The Balaban J connectivity index is 1.68. The molecule has 8 heteroatoms. The summed E-state index contributed by atoms with van der Waals surface area (Å²) < 4.78 is 32.4. The molecule has 1 amide bonds. The number of ether oxygens (including phenoxy) is 1. The first-order valence-corrected chi connectivity index (χ1v) is 11.4. The van der Waals surface area contributed by atoms with Crippen LogP contribution in [0.25, 0.3) is 0 Å². The van der Waals surface area contributed by atoms with Crippen LogP contribution >= 0.6 is 0 Å². The average molecular weight is 409 g/mol. The SMILES string of the molecule is C[C@@H](OC(=O)c1cccc(S(=O)(=O)N2CCCCC2)c1)C(=O)N1CCCCC1. The lowest BCUT2D eigenvalue weighted by atomic mass is 10.1. The third-order valence-corrected chi connectivity index (χ3v) is 7.22. The van der Waals surface area contributed by atoms with E-state index in [1.54, 1.807) is 11.8 Å². The third kappa shape index (κ3) is 4.72. The first-order valence-electron chi connectivity index (χ1n) is 9.99. The molecule has 1 aromatic carbocycles. The van der Waals surface area contributed by atoms with Crippen molar-refractivity contribution in [2.24, 2.45) is 0 Å². The van der Waals surface area contributed by atoms with E-state index >= 15 is 0 Å². The molecule has 0 radical (unpaired) electrons. The minimum atomic E-state index is -3.63. The summed E-state index contributed by atoms with van der Waals surface area (Å²) in [6.07, 6.45) is 4.85. The molecule has 0 N–H and O–H groups in total. The highest BCUT2D eigenvalue weighted by Crippen LogP contribution is 2.22. The summed E-state index contributed by atoms with van der Waals surface area (Å²) >= 11 is 0. The second-order valence-electron chi connectivity index (χ2n) is 7.43. The second kappa shape index (κ2) is 9.05. The highest BCUT2D eigenvalue weighted by atomic mass is 32.2. The fourth-order valence-electron chi connectivity index (χ4n) is 3.69. The summed E-state index contributed by atoms with van der Waals surface area (Å²) in [6.45, 7) is 3.93. The lowest BCUT2D eigenvalue weighted by Gasteiger charge is -2.29. The van der Waals surface area contributed by atoms with Gasteiger partial charge in [-0.25, -0.2) is 13.2 Å². The number of likely N-dealkylation sites (tertiary alicyclic amines) is 1. The molecule has 0 unspecified atom stereocenters. The van der Waals surface area contributed by atoms with E-state index in [4.69, 9.17) is 4.74 Å². The van der Waals surface area contributed by atoms with Crippen LogP contribution in [0.1, 0.15) is 55.8 Å². The first-order chi connectivity index (χ1) is 13.4. The van der Waals surface area contributed by atoms with Crippen LogP contribution in [0.15, 0.2) is 29.2 Å². The average Bonchev–Trinajstić information content (AvgIpc) is 2.74. The Morgan fingerprint density at radius 2 is 1.57 bits per heavy atom. The van der Waals surface area contributed by atoms with Gasteiger partial charge in [-0.05, 0) is 57.2 Å². The molecular weight excluding hydrogens is 380 g/mol. The smallest absolute Gasteiger partial charge is 0.338 e. The zero-order valence-electron chi connectivity index (χ0n) is 16.3. The van der Waals surface area contributed by atoms with Gasteiger partial charge in [-0.2, -0.15) is 4.31 Å². The van der Waals surface area contributed by atoms with Gasteiger partial charge in [0, 0.05) is 26.2 Å². The number of benzene rings is 1. The van der Waals surface area contributed by atoms with E-state index < -0.39 is 22.1 Å². The van der Waals surface area contributed by atoms with E-state index in [0.29, 0.717) is 26.2 Å². The number of hydrogen-bond donors (Lipinski definition) is 0. The third-order valence-electron chi connectivity index (χ3n) is 5.32. The van der Waals surface area contributed by atoms with Gasteiger partial charge in [0.1, 0.15) is 0 Å². The van der Waals surface area contributed by atoms with Crippen molar-refractivity contribution in [1.82, 2.24) is 9.21 Å². The minimum Gasteiger partial charge on any atom is -0.449 e. The summed E-state index contributed by atoms with van der Waals surface area (Å²) in [5, 5.41) is 0. The number of rotatable bonds is 5. The maximum Gasteiger partial charge on any atom is 0.338 e. The van der Waals surface area contributed by atoms with Crippen molar-refractivity contribution in [3.05, 3.63) is 29.8 Å². The van der Waals surface area contributed by atoms with Crippen molar-refractivity contribution in [3.63, 3.8) is 0 Å². The Kier molecular flexibility index (Phi) is 6.72. The molecule has 0 aliphatic carbocycles. The highest BCUT2D eigenvalue weighted by molar-refractivity contribution is 7.89. The minimum absolute atomic E-state index is 0.0823. The molecule has 0 saturated carbocycles. The summed E-state index contributed by atoms with van der Waals surface area (Å²) in [5.41, 5.74) is 0.136. The van der Waals surface area contributed by atoms with Crippen molar-refractivity contribution in [2.75, 3.05) is 26.2 Å². The molecular formula is C20H28N2O5S. The molecule has 2 heterocycles. The molecule has 1 aromatic rings. The van der Waals surface area contributed by atoms with Crippen LogP contribution < -0.4 is 0 Å². The monoisotopic (exact) mass is 408 g/mol. The van der Waals surface area contributed by atoms with E-state index in [9.17, 15) is 18.0 Å². The van der Waals surface area contributed by atoms with Crippen LogP contribution in [0.3, 0.4) is 0 Å². The molecule has 0 bridgehead atoms. The van der Waals surface area contributed by atoms with Gasteiger partial charge < -0.3 is 9.64 Å². The standard InChI is InChI=1S/C20H28N2O5S/c1-16(19(23)21-11-4-2-5-12-21)27-20(24)17-9-8-10-18(15-17)28(25,26)22-13-6-3-7-14-22/h8-10,15-16H,2-7,11-14H2,1H3/t16-/m1/s1. The fraction of sp³-hybridized carbons (Fsp3) is 0.600. The van der Waals surface area contributed by atoms with Gasteiger partial charge in [0.05, 0.1) is 10.5 Å². The Hall–Kier alpha value is -1.93. The lowest BCUT2D eigenvalue weighted by molar-refractivity contribution is -0.140. The molecule has 2 saturated heterocycles. The van der Waals surface area contributed by atoms with Crippen molar-refractivity contribution >= 4 is 21.9 Å². The zero-order valence-corrected chi connectivity index (χ0v) is 17.1. The number of sulfonamides is 1. The molecule has 0 aromatic heterocycles. The summed E-state index contributed by atoms with van der Waals surface area (Å²) in [6, 6.07) is 5.87. The van der Waals surface area contributed by atoms with E-state index in [0.717, 1.165) is 38.5 Å². The number of amides is 1. The predicted molar refractivity (Wildman–Crippen MR) is 104 cm³/mol. The Morgan fingerprint density at radius 3 is 2.21 bits per heavy atom. The predicted octanol–water partition coefficient (Wildman–Crippen LogP) is 2.42. The molecule has 154 valence electrons. The van der Waals surface area contributed by atoms with Gasteiger partial charge in [-0.1, -0.05) is 12.5 Å². The Labute approximate surface area is 166 Å². The maximum absolute atomic E-state index is 12.8. The number of piperidine rings is 2. The normalized spacial score (nSPS) is 19.8. The summed E-state index contributed by atoms with van der Waals surface area (Å²) in [4.78, 5) is 26.7. The zero-order chi connectivity index (χ0) is 20.1. The maximum atomic E-state index is 12.8. The van der Waals surface area contributed by atoms with E-state index in [1.807, 2.05) is 0 Å². The second-order valence-corrected chi connectivity index (χ2v) is 9.36. The van der Waals surface area contributed by atoms with E-state index in [1.165, 1.54) is 28.6 Å². The molecule has 0 spiro atoms. The molecule has 3 rings (SSSR count). The van der Waals surface area contributed by atoms with Crippen molar-refractivity contribution in [1.29, 1.82) is 0 Å². The lowest BCUT2D eigenvalue weighted by Crippen LogP contribution is -2.42. The van der Waals surface area contributed by atoms with E-state index in [-0.39, 0.29) is 16.4 Å².